The lowest BCUT2D eigenvalue weighted by molar-refractivity contribution is 0.610. The third kappa shape index (κ3) is 3.43. The molecule has 0 saturated heterocycles. The molecule has 0 aromatic heterocycles. The lowest BCUT2D eigenvalue weighted by Gasteiger charge is -2.21. The normalized spacial score (nSPS) is 13.9. The molecule has 17 heavy (non-hydrogen) atoms. The van der Waals surface area contributed by atoms with Crippen molar-refractivity contribution in [2.75, 3.05) is 18.5 Å². The van der Waals surface area contributed by atoms with Crippen molar-refractivity contribution in [3.63, 3.8) is 0 Å². The molecule has 3 nitrogen and oxygen atoms in total. The monoisotopic (exact) mass is 235 g/mol. The van der Waals surface area contributed by atoms with Crippen molar-refractivity contribution in [1.82, 2.24) is 0 Å². The van der Waals surface area contributed by atoms with Gasteiger partial charge in [-0.2, -0.15) is 5.26 Å². The molecule has 92 valence electrons. The van der Waals surface area contributed by atoms with E-state index in [1.165, 1.54) is 6.07 Å². The van der Waals surface area contributed by atoms with Crippen LogP contribution in [0.1, 0.15) is 25.5 Å². The predicted molar refractivity (Wildman–Crippen MR) is 67.0 cm³/mol. The molecule has 0 radical (unpaired) electrons. The third-order valence-electron chi connectivity index (χ3n) is 2.68. The fourth-order valence-corrected chi connectivity index (χ4v) is 1.67. The van der Waals surface area contributed by atoms with Gasteiger partial charge in [-0.25, -0.2) is 4.39 Å². The molecule has 1 aromatic carbocycles. The summed E-state index contributed by atoms with van der Waals surface area (Å²) in [7, 11) is 1.78. The second kappa shape index (κ2) is 5.65. The number of nitrogens with two attached hydrogens (primary N) is 1. The summed E-state index contributed by atoms with van der Waals surface area (Å²) in [5, 5.41) is 8.73. The van der Waals surface area contributed by atoms with E-state index in [0.717, 1.165) is 5.56 Å². The highest BCUT2D eigenvalue weighted by Crippen LogP contribution is 2.22. The number of hydrogen-bond acceptors (Lipinski definition) is 3. The standard InChI is InChI=1S/C13H18FN3/c1-9(7-15)8-17(3)13-5-4-11(10(2)16)6-12(13)14/h4-6,9-10H,8,16H2,1-3H3. The van der Waals surface area contributed by atoms with E-state index in [-0.39, 0.29) is 17.8 Å². The Morgan fingerprint density at radius 2 is 2.12 bits per heavy atom. The van der Waals surface area contributed by atoms with Crippen molar-refractivity contribution in [3.05, 3.63) is 29.6 Å². The maximum atomic E-state index is 13.8. The summed E-state index contributed by atoms with van der Waals surface area (Å²) in [5.74, 6) is -0.431. The van der Waals surface area contributed by atoms with Gasteiger partial charge in [0.15, 0.2) is 0 Å². The maximum absolute atomic E-state index is 13.8. The van der Waals surface area contributed by atoms with Crippen LogP contribution in [0, 0.1) is 23.1 Å². The van der Waals surface area contributed by atoms with Gasteiger partial charge in [-0.15, -0.1) is 0 Å². The van der Waals surface area contributed by atoms with Crippen molar-refractivity contribution >= 4 is 5.69 Å². The Labute approximate surface area is 102 Å². The number of rotatable bonds is 4. The van der Waals surface area contributed by atoms with E-state index in [9.17, 15) is 4.39 Å². The fraction of sp³-hybridized carbons (Fsp3) is 0.462. The molecule has 0 spiro atoms. The van der Waals surface area contributed by atoms with Gasteiger partial charge < -0.3 is 10.6 Å². The van der Waals surface area contributed by atoms with Crippen LogP contribution in [0.2, 0.25) is 0 Å². The number of halogens is 1. The highest BCUT2D eigenvalue weighted by Gasteiger charge is 2.12. The van der Waals surface area contributed by atoms with E-state index in [4.69, 9.17) is 11.0 Å². The van der Waals surface area contributed by atoms with Crippen LogP contribution < -0.4 is 10.6 Å². The van der Waals surface area contributed by atoms with Crippen LogP contribution in [0.5, 0.6) is 0 Å². The lowest BCUT2D eigenvalue weighted by Crippen LogP contribution is -2.24. The van der Waals surface area contributed by atoms with Crippen LogP contribution in [-0.2, 0) is 0 Å². The Hall–Kier alpha value is -1.60. The minimum atomic E-state index is -0.299. The van der Waals surface area contributed by atoms with Crippen molar-refractivity contribution in [2.45, 2.75) is 19.9 Å². The highest BCUT2D eigenvalue weighted by atomic mass is 19.1. The molecule has 2 unspecified atom stereocenters. The van der Waals surface area contributed by atoms with Crippen LogP contribution in [0.25, 0.3) is 0 Å². The Bertz CT molecular complexity index is 423. The van der Waals surface area contributed by atoms with Crippen LogP contribution >= 0.6 is 0 Å². The van der Waals surface area contributed by atoms with E-state index < -0.39 is 0 Å². The van der Waals surface area contributed by atoms with E-state index >= 15 is 0 Å². The molecule has 0 fully saturated rings. The highest BCUT2D eigenvalue weighted by molar-refractivity contribution is 5.49. The van der Waals surface area contributed by atoms with Crippen molar-refractivity contribution in [2.24, 2.45) is 11.7 Å². The lowest BCUT2D eigenvalue weighted by atomic mass is 10.1. The largest absolute Gasteiger partial charge is 0.371 e. The first-order chi connectivity index (χ1) is 7.95. The SMILES string of the molecule is CC(C#N)CN(C)c1ccc(C(C)N)cc1F. The third-order valence-corrected chi connectivity index (χ3v) is 2.68. The molecule has 2 atom stereocenters. The zero-order valence-corrected chi connectivity index (χ0v) is 10.4. The van der Waals surface area contributed by atoms with Crippen LogP contribution in [0.4, 0.5) is 10.1 Å². The number of anilines is 1. The molecule has 0 saturated carbocycles. The van der Waals surface area contributed by atoms with Gasteiger partial charge in [0.1, 0.15) is 5.82 Å². The Kier molecular flexibility index (Phi) is 4.47. The molecular formula is C13H18FN3. The topological polar surface area (TPSA) is 53.0 Å². The molecule has 4 heteroatoms. The summed E-state index contributed by atoms with van der Waals surface area (Å²) in [5.41, 5.74) is 6.96. The van der Waals surface area contributed by atoms with Gasteiger partial charge in [-0.1, -0.05) is 6.07 Å². The summed E-state index contributed by atoms with van der Waals surface area (Å²) in [4.78, 5) is 1.74. The first-order valence-electron chi connectivity index (χ1n) is 5.61. The van der Waals surface area contributed by atoms with Gasteiger partial charge in [0, 0.05) is 19.6 Å². The molecule has 1 aromatic rings. The van der Waals surface area contributed by atoms with E-state index in [1.807, 2.05) is 19.9 Å². The number of nitrogens with zero attached hydrogens (tertiary/aromatic N) is 2. The van der Waals surface area contributed by atoms with Crippen LogP contribution in [0.3, 0.4) is 0 Å². The molecule has 0 heterocycles. The van der Waals surface area contributed by atoms with Crippen LogP contribution in [-0.4, -0.2) is 13.6 Å². The number of nitriles is 1. The zero-order valence-electron chi connectivity index (χ0n) is 10.4. The molecule has 0 aliphatic rings. The molecule has 0 amide bonds. The van der Waals surface area contributed by atoms with Gasteiger partial charge in [-0.05, 0) is 31.5 Å². The number of hydrogen-bond donors (Lipinski definition) is 1. The smallest absolute Gasteiger partial charge is 0.146 e. The minimum absolute atomic E-state index is 0.132. The molecule has 0 aliphatic heterocycles. The van der Waals surface area contributed by atoms with Crippen molar-refractivity contribution in [1.29, 1.82) is 5.26 Å². The quantitative estimate of drug-likeness (QED) is 0.872. The number of benzene rings is 1. The summed E-state index contributed by atoms with van der Waals surface area (Å²) in [6.45, 7) is 4.13. The van der Waals surface area contributed by atoms with Crippen LogP contribution in [0.15, 0.2) is 18.2 Å². The average Bonchev–Trinajstić information content (AvgIpc) is 2.28. The predicted octanol–water partition coefficient (Wildman–Crippen LogP) is 2.44. The molecule has 0 bridgehead atoms. The van der Waals surface area contributed by atoms with Crippen molar-refractivity contribution in [3.8, 4) is 6.07 Å². The second-order valence-corrected chi connectivity index (χ2v) is 4.41. The average molecular weight is 235 g/mol. The summed E-state index contributed by atoms with van der Waals surface area (Å²) >= 11 is 0. The van der Waals surface area contributed by atoms with E-state index in [1.54, 1.807) is 18.0 Å². The van der Waals surface area contributed by atoms with Crippen molar-refractivity contribution < 1.29 is 4.39 Å². The summed E-state index contributed by atoms with van der Waals surface area (Å²) in [6.07, 6.45) is 0. The van der Waals surface area contributed by atoms with E-state index in [0.29, 0.717) is 12.2 Å². The first-order valence-corrected chi connectivity index (χ1v) is 5.61. The van der Waals surface area contributed by atoms with E-state index in [2.05, 4.69) is 6.07 Å². The Balaban J connectivity index is 2.89. The second-order valence-electron chi connectivity index (χ2n) is 4.41. The van der Waals surface area contributed by atoms with Gasteiger partial charge in [0.2, 0.25) is 0 Å². The van der Waals surface area contributed by atoms with Gasteiger partial charge in [-0.3, -0.25) is 0 Å². The molecular weight excluding hydrogens is 217 g/mol. The van der Waals surface area contributed by atoms with Gasteiger partial charge in [0.25, 0.3) is 0 Å². The molecule has 2 N–H and O–H groups in total. The summed E-state index contributed by atoms with van der Waals surface area (Å²) in [6, 6.07) is 6.93. The summed E-state index contributed by atoms with van der Waals surface area (Å²) < 4.78 is 13.8. The Morgan fingerprint density at radius 3 is 2.59 bits per heavy atom. The van der Waals surface area contributed by atoms with Gasteiger partial charge in [0.05, 0.1) is 17.7 Å². The zero-order chi connectivity index (χ0) is 13.0. The Morgan fingerprint density at radius 1 is 1.47 bits per heavy atom. The first kappa shape index (κ1) is 13.5. The van der Waals surface area contributed by atoms with Gasteiger partial charge >= 0.3 is 0 Å². The molecule has 0 aliphatic carbocycles. The minimum Gasteiger partial charge on any atom is -0.371 e. The maximum Gasteiger partial charge on any atom is 0.146 e. The fourth-order valence-electron chi connectivity index (χ4n) is 1.67. The molecule has 1 rings (SSSR count).